The van der Waals surface area contributed by atoms with Crippen LogP contribution in [0.5, 0.6) is 0 Å². The number of anilines is 1. The lowest BCUT2D eigenvalue weighted by Crippen LogP contribution is -2.43. The summed E-state index contributed by atoms with van der Waals surface area (Å²) in [7, 11) is 1.65. The summed E-state index contributed by atoms with van der Waals surface area (Å²) in [6, 6.07) is 7.91. The molecule has 0 aliphatic carbocycles. The minimum atomic E-state index is -0.0411. The molecule has 2 aliphatic heterocycles. The van der Waals surface area contributed by atoms with E-state index in [9.17, 15) is 14.4 Å². The summed E-state index contributed by atoms with van der Waals surface area (Å²) in [5, 5.41) is 2.94. The van der Waals surface area contributed by atoms with E-state index >= 15 is 0 Å². The summed E-state index contributed by atoms with van der Waals surface area (Å²) >= 11 is 1.76. The molecule has 8 heteroatoms. The number of fused-ring (bicyclic) bond motifs is 1. The molecule has 2 aliphatic rings. The molecular weight excluding hydrogens is 402 g/mol. The fraction of sp³-hybridized carbons (Fsp3) is 0.591. The molecule has 1 fully saturated rings. The van der Waals surface area contributed by atoms with Crippen molar-refractivity contribution in [2.45, 2.75) is 37.0 Å². The van der Waals surface area contributed by atoms with Gasteiger partial charge in [0.25, 0.3) is 0 Å². The number of carbonyl (C=O) groups is 3. The summed E-state index contributed by atoms with van der Waals surface area (Å²) in [5.74, 6) is 0.900. The summed E-state index contributed by atoms with van der Waals surface area (Å²) in [6.07, 6.45) is 2.59. The molecule has 3 rings (SSSR count). The molecule has 0 radical (unpaired) electrons. The van der Waals surface area contributed by atoms with Gasteiger partial charge in [0.15, 0.2) is 0 Å². The van der Waals surface area contributed by atoms with Crippen LogP contribution in [-0.4, -0.2) is 68.3 Å². The number of rotatable bonds is 8. The number of ether oxygens (including phenoxy) is 1. The van der Waals surface area contributed by atoms with Crippen LogP contribution in [0.15, 0.2) is 29.2 Å². The standard InChI is InChI=1S/C22H31N3O4S/c1-29-15-4-11-23-22(28)17-9-12-24(13-10-17)20(26)7-8-21(27)25-14-16-30-19-6-3-2-5-18(19)25/h2-3,5-6,17H,4,7-16H2,1H3,(H,23,28). The highest BCUT2D eigenvalue weighted by Crippen LogP contribution is 2.34. The first-order chi connectivity index (χ1) is 14.6. The number of likely N-dealkylation sites (tertiary alicyclic amines) is 1. The highest BCUT2D eigenvalue weighted by molar-refractivity contribution is 7.99. The lowest BCUT2D eigenvalue weighted by molar-refractivity contribution is -0.136. The predicted molar refractivity (Wildman–Crippen MR) is 118 cm³/mol. The SMILES string of the molecule is COCCCNC(=O)C1CCN(C(=O)CCC(=O)N2CCSc3ccccc32)CC1. The molecule has 0 atom stereocenters. The molecule has 7 nitrogen and oxygen atoms in total. The first-order valence-corrected chi connectivity index (χ1v) is 11.7. The smallest absolute Gasteiger partial charge is 0.227 e. The van der Waals surface area contributed by atoms with E-state index in [1.54, 1.807) is 28.7 Å². The van der Waals surface area contributed by atoms with Crippen molar-refractivity contribution in [3.63, 3.8) is 0 Å². The number of nitrogens with zero attached hydrogens (tertiary/aromatic N) is 2. The number of para-hydroxylation sites is 1. The van der Waals surface area contributed by atoms with Gasteiger partial charge in [0.2, 0.25) is 17.7 Å². The van der Waals surface area contributed by atoms with Crippen molar-refractivity contribution in [3.05, 3.63) is 24.3 Å². The lowest BCUT2D eigenvalue weighted by Gasteiger charge is -2.32. The zero-order chi connectivity index (χ0) is 21.3. The molecule has 1 aromatic carbocycles. The van der Waals surface area contributed by atoms with E-state index < -0.39 is 0 Å². The van der Waals surface area contributed by atoms with Crippen LogP contribution in [0.3, 0.4) is 0 Å². The molecule has 0 spiro atoms. The average molecular weight is 434 g/mol. The van der Waals surface area contributed by atoms with Gasteiger partial charge in [-0.05, 0) is 31.4 Å². The van der Waals surface area contributed by atoms with Crippen molar-refractivity contribution >= 4 is 35.2 Å². The third-order valence-electron chi connectivity index (χ3n) is 5.63. The number of thioether (sulfide) groups is 1. The number of benzene rings is 1. The number of hydrogen-bond acceptors (Lipinski definition) is 5. The molecule has 2 heterocycles. The Morgan fingerprint density at radius 1 is 1.10 bits per heavy atom. The van der Waals surface area contributed by atoms with Crippen molar-refractivity contribution < 1.29 is 19.1 Å². The average Bonchev–Trinajstić information content (AvgIpc) is 2.79. The zero-order valence-corrected chi connectivity index (χ0v) is 18.4. The van der Waals surface area contributed by atoms with Crippen molar-refractivity contribution in [2.75, 3.05) is 50.5 Å². The second-order valence-corrected chi connectivity index (χ2v) is 8.79. The van der Waals surface area contributed by atoms with E-state index in [1.165, 1.54) is 0 Å². The molecule has 1 saturated heterocycles. The lowest BCUT2D eigenvalue weighted by atomic mass is 9.95. The summed E-state index contributed by atoms with van der Waals surface area (Å²) in [5.41, 5.74) is 0.948. The number of nitrogens with one attached hydrogen (secondary N) is 1. The Hall–Kier alpha value is -2.06. The fourth-order valence-electron chi connectivity index (χ4n) is 3.90. The minimum absolute atomic E-state index is 0.00132. The second-order valence-electron chi connectivity index (χ2n) is 7.65. The van der Waals surface area contributed by atoms with Gasteiger partial charge >= 0.3 is 0 Å². The molecule has 30 heavy (non-hydrogen) atoms. The van der Waals surface area contributed by atoms with Crippen LogP contribution in [-0.2, 0) is 19.1 Å². The molecule has 0 bridgehead atoms. The first kappa shape index (κ1) is 22.6. The van der Waals surface area contributed by atoms with E-state index in [0.29, 0.717) is 45.6 Å². The van der Waals surface area contributed by atoms with Crippen LogP contribution in [0.25, 0.3) is 0 Å². The molecule has 164 valence electrons. The van der Waals surface area contributed by atoms with E-state index in [0.717, 1.165) is 22.8 Å². The Morgan fingerprint density at radius 2 is 1.83 bits per heavy atom. The molecule has 0 unspecified atom stereocenters. The van der Waals surface area contributed by atoms with Crippen LogP contribution < -0.4 is 10.2 Å². The molecule has 0 saturated carbocycles. The van der Waals surface area contributed by atoms with E-state index in [4.69, 9.17) is 4.74 Å². The Balaban J connectivity index is 1.40. The maximum Gasteiger partial charge on any atom is 0.227 e. The predicted octanol–water partition coefficient (Wildman–Crippen LogP) is 2.30. The van der Waals surface area contributed by atoms with Crippen molar-refractivity contribution in [1.29, 1.82) is 0 Å². The van der Waals surface area contributed by atoms with E-state index in [1.807, 2.05) is 24.3 Å². The Labute approximate surface area is 182 Å². The van der Waals surface area contributed by atoms with Gasteiger partial charge in [0.1, 0.15) is 0 Å². The molecular formula is C22H31N3O4S. The number of amides is 3. The van der Waals surface area contributed by atoms with Crippen LogP contribution in [0, 0.1) is 5.92 Å². The van der Waals surface area contributed by atoms with Crippen molar-refractivity contribution in [2.24, 2.45) is 5.92 Å². The van der Waals surface area contributed by atoms with Gasteiger partial charge in [-0.3, -0.25) is 14.4 Å². The minimum Gasteiger partial charge on any atom is -0.385 e. The monoisotopic (exact) mass is 433 g/mol. The van der Waals surface area contributed by atoms with E-state index in [-0.39, 0.29) is 36.5 Å². The number of carbonyl (C=O) groups excluding carboxylic acids is 3. The van der Waals surface area contributed by atoms with Crippen molar-refractivity contribution in [1.82, 2.24) is 10.2 Å². The normalized spacial score (nSPS) is 16.8. The van der Waals surface area contributed by atoms with Gasteiger partial charge in [-0.15, -0.1) is 11.8 Å². The quantitative estimate of drug-likeness (QED) is 0.637. The van der Waals surface area contributed by atoms with E-state index in [2.05, 4.69) is 5.32 Å². The van der Waals surface area contributed by atoms with Crippen LogP contribution in [0.2, 0.25) is 0 Å². The van der Waals surface area contributed by atoms with Gasteiger partial charge in [-0.25, -0.2) is 0 Å². The zero-order valence-electron chi connectivity index (χ0n) is 17.6. The van der Waals surface area contributed by atoms with Gasteiger partial charge in [-0.2, -0.15) is 0 Å². The van der Waals surface area contributed by atoms with Crippen LogP contribution >= 0.6 is 11.8 Å². The number of hydrogen-bond donors (Lipinski definition) is 1. The Bertz CT molecular complexity index is 750. The largest absolute Gasteiger partial charge is 0.385 e. The maximum atomic E-state index is 12.7. The molecule has 1 N–H and O–H groups in total. The second kappa shape index (κ2) is 11.4. The number of piperidine rings is 1. The summed E-state index contributed by atoms with van der Waals surface area (Å²) in [4.78, 5) is 42.2. The third-order valence-corrected chi connectivity index (χ3v) is 6.67. The van der Waals surface area contributed by atoms with Gasteiger partial charge in [0.05, 0.1) is 5.69 Å². The third kappa shape index (κ3) is 5.98. The Kier molecular flexibility index (Phi) is 8.57. The van der Waals surface area contributed by atoms with Crippen LogP contribution in [0.4, 0.5) is 5.69 Å². The van der Waals surface area contributed by atoms with Crippen molar-refractivity contribution in [3.8, 4) is 0 Å². The Morgan fingerprint density at radius 3 is 2.60 bits per heavy atom. The highest BCUT2D eigenvalue weighted by atomic mass is 32.2. The topological polar surface area (TPSA) is 79.0 Å². The van der Waals surface area contributed by atoms with Gasteiger partial charge in [-0.1, -0.05) is 12.1 Å². The van der Waals surface area contributed by atoms with Crippen LogP contribution in [0.1, 0.15) is 32.1 Å². The molecule has 3 amide bonds. The number of methoxy groups -OCH3 is 1. The molecule has 1 aromatic rings. The van der Waals surface area contributed by atoms with Gasteiger partial charge < -0.3 is 19.9 Å². The summed E-state index contributed by atoms with van der Waals surface area (Å²) < 4.78 is 4.98. The maximum absolute atomic E-state index is 12.7. The summed E-state index contributed by atoms with van der Waals surface area (Å²) in [6.45, 7) is 3.08. The fourth-order valence-corrected chi connectivity index (χ4v) is 4.89. The first-order valence-electron chi connectivity index (χ1n) is 10.7. The van der Waals surface area contributed by atoms with Gasteiger partial charge in [0, 0.05) is 69.3 Å². The molecule has 0 aromatic heterocycles. The highest BCUT2D eigenvalue weighted by Gasteiger charge is 2.28.